The minimum absolute atomic E-state index is 0.0331. The topological polar surface area (TPSA) is 65.5 Å². The predicted molar refractivity (Wildman–Crippen MR) is 137 cm³/mol. The second-order valence-electron chi connectivity index (χ2n) is 8.47. The Kier molecular flexibility index (Phi) is 8.33. The first-order valence-electron chi connectivity index (χ1n) is 11.5. The Balaban J connectivity index is 1.21. The standard InChI is InChI=1S/C27H30N4O2S/c1-21-7-2-3-9-23(21)18-27(33)31-15-13-30(14-16-31)19-25(32)29-24-10-6-8-22(17-24)20-34-26-11-4-5-12-28-26/h2-12,17H,13-16,18-20H2,1H3,(H,29,32). The van der Waals surface area contributed by atoms with Gasteiger partial charge in [-0.05, 0) is 47.9 Å². The van der Waals surface area contributed by atoms with Gasteiger partial charge in [-0.1, -0.05) is 42.5 Å². The molecule has 0 bridgehead atoms. The average molecular weight is 475 g/mol. The molecule has 0 aliphatic carbocycles. The number of hydrogen-bond donors (Lipinski definition) is 1. The van der Waals surface area contributed by atoms with E-state index in [0.29, 0.717) is 39.1 Å². The van der Waals surface area contributed by atoms with E-state index in [4.69, 9.17) is 0 Å². The maximum Gasteiger partial charge on any atom is 0.238 e. The molecule has 2 amide bonds. The second-order valence-corrected chi connectivity index (χ2v) is 9.46. The molecule has 0 unspecified atom stereocenters. The van der Waals surface area contributed by atoms with Crippen molar-refractivity contribution >= 4 is 29.3 Å². The van der Waals surface area contributed by atoms with Gasteiger partial charge in [0.25, 0.3) is 0 Å². The number of nitrogens with one attached hydrogen (secondary N) is 1. The van der Waals surface area contributed by atoms with Crippen LogP contribution in [0.5, 0.6) is 0 Å². The molecule has 7 heteroatoms. The summed E-state index contributed by atoms with van der Waals surface area (Å²) in [4.78, 5) is 33.6. The summed E-state index contributed by atoms with van der Waals surface area (Å²) < 4.78 is 0. The first-order chi connectivity index (χ1) is 16.6. The zero-order valence-corrected chi connectivity index (χ0v) is 20.3. The van der Waals surface area contributed by atoms with Gasteiger partial charge in [0.2, 0.25) is 11.8 Å². The lowest BCUT2D eigenvalue weighted by molar-refractivity contribution is -0.132. The van der Waals surface area contributed by atoms with Crippen LogP contribution in [0, 0.1) is 6.92 Å². The van der Waals surface area contributed by atoms with Crippen LogP contribution in [-0.2, 0) is 21.8 Å². The number of aromatic nitrogens is 1. The third-order valence-electron chi connectivity index (χ3n) is 5.93. The van der Waals surface area contributed by atoms with Crippen LogP contribution in [0.15, 0.2) is 78.0 Å². The molecule has 1 N–H and O–H groups in total. The van der Waals surface area contributed by atoms with Crippen LogP contribution in [0.25, 0.3) is 0 Å². The molecule has 1 aliphatic rings. The van der Waals surface area contributed by atoms with Gasteiger partial charge < -0.3 is 10.2 Å². The fraction of sp³-hybridized carbons (Fsp3) is 0.296. The van der Waals surface area contributed by atoms with Crippen LogP contribution >= 0.6 is 11.8 Å². The quantitative estimate of drug-likeness (QED) is 0.500. The predicted octanol–water partition coefficient (Wildman–Crippen LogP) is 4.01. The maximum absolute atomic E-state index is 12.7. The van der Waals surface area contributed by atoms with Gasteiger partial charge in [-0.15, -0.1) is 11.8 Å². The number of carbonyl (C=O) groups excluding carboxylic acids is 2. The molecule has 4 rings (SSSR count). The molecule has 1 aliphatic heterocycles. The minimum Gasteiger partial charge on any atom is -0.340 e. The second kappa shape index (κ2) is 11.8. The van der Waals surface area contributed by atoms with E-state index in [1.807, 2.05) is 72.5 Å². The lowest BCUT2D eigenvalue weighted by atomic mass is 10.1. The van der Waals surface area contributed by atoms with Gasteiger partial charge in [0.05, 0.1) is 18.0 Å². The Morgan fingerprint density at radius 3 is 2.53 bits per heavy atom. The third-order valence-corrected chi connectivity index (χ3v) is 6.95. The monoisotopic (exact) mass is 474 g/mol. The van der Waals surface area contributed by atoms with Crippen molar-refractivity contribution in [2.24, 2.45) is 0 Å². The molecule has 176 valence electrons. The Morgan fingerprint density at radius 1 is 0.971 bits per heavy atom. The summed E-state index contributed by atoms with van der Waals surface area (Å²) in [6.45, 7) is 5.07. The number of hydrogen-bond acceptors (Lipinski definition) is 5. The van der Waals surface area contributed by atoms with Crippen molar-refractivity contribution in [1.82, 2.24) is 14.8 Å². The Bertz CT molecular complexity index is 1110. The molecular formula is C27H30N4O2S. The van der Waals surface area contributed by atoms with E-state index in [0.717, 1.165) is 33.2 Å². The molecule has 1 saturated heterocycles. The van der Waals surface area contributed by atoms with Crippen LogP contribution in [-0.4, -0.2) is 59.3 Å². The Labute approximate surface area is 205 Å². The van der Waals surface area contributed by atoms with Crippen molar-refractivity contribution in [3.8, 4) is 0 Å². The smallest absolute Gasteiger partial charge is 0.238 e. The van der Waals surface area contributed by atoms with Crippen LogP contribution in [0.2, 0.25) is 0 Å². The van der Waals surface area contributed by atoms with E-state index in [-0.39, 0.29) is 11.8 Å². The number of amides is 2. The first-order valence-corrected chi connectivity index (χ1v) is 12.5. The van der Waals surface area contributed by atoms with Crippen molar-refractivity contribution < 1.29 is 9.59 Å². The molecule has 0 radical (unpaired) electrons. The highest BCUT2D eigenvalue weighted by molar-refractivity contribution is 7.98. The van der Waals surface area contributed by atoms with E-state index in [9.17, 15) is 9.59 Å². The fourth-order valence-corrected chi connectivity index (χ4v) is 4.78. The Morgan fingerprint density at radius 2 is 1.76 bits per heavy atom. The number of aryl methyl sites for hydroxylation is 1. The highest BCUT2D eigenvalue weighted by Crippen LogP contribution is 2.22. The summed E-state index contributed by atoms with van der Waals surface area (Å²) in [5.41, 5.74) is 4.16. The van der Waals surface area contributed by atoms with Crippen molar-refractivity contribution in [2.75, 3.05) is 38.0 Å². The molecule has 2 heterocycles. The van der Waals surface area contributed by atoms with Gasteiger partial charge in [-0.3, -0.25) is 14.5 Å². The van der Waals surface area contributed by atoms with Gasteiger partial charge in [-0.25, -0.2) is 4.98 Å². The third kappa shape index (κ3) is 6.92. The molecular weight excluding hydrogens is 444 g/mol. The number of nitrogens with zero attached hydrogens (tertiary/aromatic N) is 3. The number of pyridine rings is 1. The fourth-order valence-electron chi connectivity index (χ4n) is 3.97. The van der Waals surface area contributed by atoms with E-state index >= 15 is 0 Å². The van der Waals surface area contributed by atoms with Crippen molar-refractivity contribution in [1.29, 1.82) is 0 Å². The van der Waals surface area contributed by atoms with Crippen LogP contribution in [0.4, 0.5) is 5.69 Å². The molecule has 6 nitrogen and oxygen atoms in total. The lowest BCUT2D eigenvalue weighted by Crippen LogP contribution is -2.50. The van der Waals surface area contributed by atoms with Gasteiger partial charge >= 0.3 is 0 Å². The first kappa shape index (κ1) is 24.0. The Hall–Kier alpha value is -3.16. The van der Waals surface area contributed by atoms with Crippen LogP contribution < -0.4 is 5.32 Å². The van der Waals surface area contributed by atoms with Crippen LogP contribution in [0.3, 0.4) is 0 Å². The summed E-state index contributed by atoms with van der Waals surface area (Å²) in [7, 11) is 0. The number of piperazine rings is 1. The zero-order chi connectivity index (χ0) is 23.8. The minimum atomic E-state index is -0.0331. The summed E-state index contributed by atoms with van der Waals surface area (Å²) in [6, 6.07) is 21.8. The SMILES string of the molecule is Cc1ccccc1CC(=O)N1CCN(CC(=O)Nc2cccc(CSc3ccccn3)c2)CC1. The maximum atomic E-state index is 12.7. The zero-order valence-electron chi connectivity index (χ0n) is 19.4. The number of carbonyl (C=O) groups is 2. The van der Waals surface area contributed by atoms with E-state index in [1.54, 1.807) is 18.0 Å². The summed E-state index contributed by atoms with van der Waals surface area (Å²) in [6.07, 6.45) is 2.22. The van der Waals surface area contributed by atoms with Gasteiger partial charge in [0.1, 0.15) is 0 Å². The van der Waals surface area contributed by atoms with E-state index in [2.05, 4.69) is 21.3 Å². The van der Waals surface area contributed by atoms with Gasteiger partial charge in [-0.2, -0.15) is 0 Å². The molecule has 1 aromatic heterocycles. The number of thioether (sulfide) groups is 1. The van der Waals surface area contributed by atoms with Crippen molar-refractivity contribution in [3.05, 3.63) is 89.6 Å². The molecule has 0 saturated carbocycles. The normalized spacial score (nSPS) is 14.1. The summed E-state index contributed by atoms with van der Waals surface area (Å²) in [5, 5.41) is 3.99. The molecule has 34 heavy (non-hydrogen) atoms. The average Bonchev–Trinajstić information content (AvgIpc) is 2.85. The van der Waals surface area contributed by atoms with E-state index in [1.165, 1.54) is 0 Å². The van der Waals surface area contributed by atoms with Crippen molar-refractivity contribution in [3.63, 3.8) is 0 Å². The molecule has 0 atom stereocenters. The molecule has 2 aromatic carbocycles. The summed E-state index contributed by atoms with van der Waals surface area (Å²) >= 11 is 1.67. The highest BCUT2D eigenvalue weighted by Gasteiger charge is 2.22. The van der Waals surface area contributed by atoms with Gasteiger partial charge in [0, 0.05) is 43.8 Å². The lowest BCUT2D eigenvalue weighted by Gasteiger charge is -2.34. The number of rotatable bonds is 8. The highest BCUT2D eigenvalue weighted by atomic mass is 32.2. The molecule has 3 aromatic rings. The summed E-state index contributed by atoms with van der Waals surface area (Å²) in [5.74, 6) is 0.909. The number of benzene rings is 2. The largest absolute Gasteiger partial charge is 0.340 e. The van der Waals surface area contributed by atoms with Crippen molar-refractivity contribution in [2.45, 2.75) is 24.1 Å². The van der Waals surface area contributed by atoms with E-state index < -0.39 is 0 Å². The number of anilines is 1. The molecule has 0 spiro atoms. The van der Waals surface area contributed by atoms with Gasteiger partial charge in [0.15, 0.2) is 0 Å². The molecule has 1 fully saturated rings. The van der Waals surface area contributed by atoms with Crippen LogP contribution in [0.1, 0.15) is 16.7 Å².